The van der Waals surface area contributed by atoms with E-state index in [9.17, 15) is 13.2 Å². The lowest BCUT2D eigenvalue weighted by atomic mass is 10.5. The number of nitrogens with one attached hydrogen (secondary N) is 2. The summed E-state index contributed by atoms with van der Waals surface area (Å²) in [5.41, 5.74) is 4.48. The maximum Gasteiger partial charge on any atom is 0.348 e. The first-order valence-corrected chi connectivity index (χ1v) is 5.05. The van der Waals surface area contributed by atoms with Crippen molar-refractivity contribution in [3.05, 3.63) is 10.5 Å². The Morgan fingerprint density at radius 1 is 1.27 bits per heavy atom. The highest BCUT2D eigenvalue weighted by Gasteiger charge is 2.17. The molecule has 0 aliphatic carbocycles. The van der Waals surface area contributed by atoms with Gasteiger partial charge in [0, 0.05) is 0 Å². The van der Waals surface area contributed by atoms with Crippen LogP contribution in [0, 0.1) is 0 Å². The first-order chi connectivity index (χ1) is 6.88. The Labute approximate surface area is 82.1 Å². The van der Waals surface area contributed by atoms with Crippen molar-refractivity contribution in [3.8, 4) is 0 Å². The second kappa shape index (κ2) is 2.77. The first kappa shape index (κ1) is 9.61. The fraction of sp³-hybridized carbons (Fsp3) is 0. The summed E-state index contributed by atoms with van der Waals surface area (Å²) in [7, 11) is -4.47. The zero-order chi connectivity index (χ0) is 11.2. The molecule has 0 spiro atoms. The number of H-pyrrole nitrogens is 2. The van der Waals surface area contributed by atoms with Crippen LogP contribution < -0.4 is 11.4 Å². The van der Waals surface area contributed by atoms with E-state index in [0.717, 1.165) is 0 Å². The maximum atomic E-state index is 10.9. The van der Waals surface area contributed by atoms with E-state index < -0.39 is 21.0 Å². The molecule has 2 aromatic rings. The molecular formula is C5H5N5O4S. The molecule has 80 valence electrons. The zero-order valence-electron chi connectivity index (χ0n) is 7.05. The van der Waals surface area contributed by atoms with Gasteiger partial charge in [0.2, 0.25) is 0 Å². The molecule has 0 saturated carbocycles. The van der Waals surface area contributed by atoms with Gasteiger partial charge in [-0.25, -0.2) is 4.79 Å². The van der Waals surface area contributed by atoms with Gasteiger partial charge in [0.15, 0.2) is 5.65 Å². The lowest BCUT2D eigenvalue weighted by molar-refractivity contribution is 0.476. The number of hydrogen-bond acceptors (Lipinski definition) is 6. The quantitative estimate of drug-likeness (QED) is 0.434. The summed E-state index contributed by atoms with van der Waals surface area (Å²) < 4.78 is 30.1. The van der Waals surface area contributed by atoms with E-state index in [1.807, 2.05) is 0 Å². The number of aromatic amines is 2. The molecule has 10 heteroatoms. The smallest absolute Gasteiger partial charge is 0.348 e. The van der Waals surface area contributed by atoms with Crippen LogP contribution in [0.5, 0.6) is 0 Å². The van der Waals surface area contributed by atoms with Crippen molar-refractivity contribution in [1.82, 2.24) is 19.9 Å². The Hall–Kier alpha value is -1.94. The third-order valence-electron chi connectivity index (χ3n) is 1.63. The van der Waals surface area contributed by atoms with E-state index in [4.69, 9.17) is 10.3 Å². The van der Waals surface area contributed by atoms with E-state index >= 15 is 0 Å². The molecule has 0 saturated heterocycles. The number of rotatable bonds is 1. The fourth-order valence-electron chi connectivity index (χ4n) is 1.04. The SMILES string of the molecule is Nc1[nH]c(=O)nc2nc(S(=O)(=O)O)[nH]c12. The molecule has 0 atom stereocenters. The molecule has 0 aliphatic rings. The van der Waals surface area contributed by atoms with Crippen LogP contribution in [0.1, 0.15) is 0 Å². The van der Waals surface area contributed by atoms with Crippen molar-refractivity contribution in [3.63, 3.8) is 0 Å². The second-order valence-corrected chi connectivity index (χ2v) is 4.01. The molecule has 9 nitrogen and oxygen atoms in total. The fourth-order valence-corrected chi connectivity index (χ4v) is 1.47. The van der Waals surface area contributed by atoms with E-state index in [1.165, 1.54) is 0 Å². The minimum atomic E-state index is -4.47. The Morgan fingerprint density at radius 2 is 1.93 bits per heavy atom. The van der Waals surface area contributed by atoms with Gasteiger partial charge in [-0.2, -0.15) is 18.4 Å². The Bertz CT molecular complexity index is 683. The van der Waals surface area contributed by atoms with Gasteiger partial charge in [-0.15, -0.1) is 0 Å². The number of nitrogens with zero attached hydrogens (tertiary/aromatic N) is 2. The number of hydrogen-bond donors (Lipinski definition) is 4. The van der Waals surface area contributed by atoms with Gasteiger partial charge in [0.25, 0.3) is 5.16 Å². The van der Waals surface area contributed by atoms with Crippen LogP contribution in [0.3, 0.4) is 0 Å². The third-order valence-corrected chi connectivity index (χ3v) is 2.31. The van der Waals surface area contributed by atoms with Crippen molar-refractivity contribution in [1.29, 1.82) is 0 Å². The number of nitrogens with two attached hydrogens (primary N) is 1. The van der Waals surface area contributed by atoms with Gasteiger partial charge >= 0.3 is 15.8 Å². The molecule has 5 N–H and O–H groups in total. The standard InChI is InChI=1S/C5H5N5O4S/c6-2-1-3(9-4(11)8-2)10-5(7-1)15(12,13)14/h(H,12,13,14)(H4,6,7,8,9,10,11). The number of fused-ring (bicyclic) bond motifs is 1. The Balaban J connectivity index is 2.88. The van der Waals surface area contributed by atoms with Crippen molar-refractivity contribution >= 4 is 27.1 Å². The summed E-state index contributed by atoms with van der Waals surface area (Å²) in [6.45, 7) is 0. The highest BCUT2D eigenvalue weighted by Crippen LogP contribution is 2.14. The zero-order valence-corrected chi connectivity index (χ0v) is 7.87. The molecule has 0 fully saturated rings. The summed E-state index contributed by atoms with van der Waals surface area (Å²) in [4.78, 5) is 22.0. The van der Waals surface area contributed by atoms with E-state index in [2.05, 4.69) is 19.9 Å². The summed E-state index contributed by atoms with van der Waals surface area (Å²) in [5.74, 6) is -0.104. The van der Waals surface area contributed by atoms with Crippen molar-refractivity contribution < 1.29 is 13.0 Å². The van der Waals surface area contributed by atoms with E-state index in [-0.39, 0.29) is 17.0 Å². The van der Waals surface area contributed by atoms with E-state index in [0.29, 0.717) is 0 Å². The van der Waals surface area contributed by atoms with Crippen LogP contribution in [-0.2, 0) is 10.1 Å². The molecule has 0 bridgehead atoms. The number of anilines is 1. The third kappa shape index (κ3) is 1.55. The summed E-state index contributed by atoms with van der Waals surface area (Å²) in [6.07, 6.45) is 0. The average molecular weight is 231 g/mol. The summed E-state index contributed by atoms with van der Waals surface area (Å²) in [5, 5.41) is -0.712. The molecule has 0 radical (unpaired) electrons. The number of imidazole rings is 1. The lowest BCUT2D eigenvalue weighted by Crippen LogP contribution is -2.12. The summed E-state index contributed by atoms with van der Waals surface area (Å²) in [6, 6.07) is 0. The highest BCUT2D eigenvalue weighted by atomic mass is 32.2. The molecule has 15 heavy (non-hydrogen) atoms. The number of aromatic nitrogens is 4. The molecule has 2 aromatic heterocycles. The minimum Gasteiger partial charge on any atom is -0.383 e. The Morgan fingerprint density at radius 3 is 2.53 bits per heavy atom. The molecule has 0 unspecified atom stereocenters. The topological polar surface area (TPSA) is 155 Å². The maximum absolute atomic E-state index is 10.9. The van der Waals surface area contributed by atoms with Crippen LogP contribution in [-0.4, -0.2) is 32.9 Å². The normalized spacial score (nSPS) is 12.1. The molecule has 0 aliphatic heterocycles. The van der Waals surface area contributed by atoms with Crippen LogP contribution in [0.25, 0.3) is 11.2 Å². The van der Waals surface area contributed by atoms with Crippen molar-refractivity contribution in [2.45, 2.75) is 5.16 Å². The molecule has 0 aromatic carbocycles. The van der Waals surface area contributed by atoms with Crippen LogP contribution >= 0.6 is 0 Å². The van der Waals surface area contributed by atoms with Crippen molar-refractivity contribution in [2.75, 3.05) is 5.73 Å². The van der Waals surface area contributed by atoms with Crippen molar-refractivity contribution in [2.24, 2.45) is 0 Å². The number of nitrogen functional groups attached to an aromatic ring is 1. The average Bonchev–Trinajstić information content (AvgIpc) is 2.46. The van der Waals surface area contributed by atoms with Gasteiger partial charge in [-0.3, -0.25) is 9.54 Å². The van der Waals surface area contributed by atoms with Gasteiger partial charge in [0.05, 0.1) is 0 Å². The Kier molecular flexibility index (Phi) is 1.78. The van der Waals surface area contributed by atoms with Crippen LogP contribution in [0.4, 0.5) is 5.82 Å². The molecule has 2 heterocycles. The summed E-state index contributed by atoms with van der Waals surface area (Å²) >= 11 is 0. The largest absolute Gasteiger partial charge is 0.383 e. The first-order valence-electron chi connectivity index (χ1n) is 3.61. The monoisotopic (exact) mass is 231 g/mol. The predicted octanol–water partition coefficient (Wildman–Crippen LogP) is -1.52. The van der Waals surface area contributed by atoms with Gasteiger partial charge in [0.1, 0.15) is 11.3 Å². The lowest BCUT2D eigenvalue weighted by Gasteiger charge is -1.91. The minimum absolute atomic E-state index is 0.0437. The van der Waals surface area contributed by atoms with Gasteiger partial charge in [-0.1, -0.05) is 0 Å². The molecule has 0 amide bonds. The van der Waals surface area contributed by atoms with Gasteiger partial charge < -0.3 is 10.7 Å². The molecular weight excluding hydrogens is 226 g/mol. The van der Waals surface area contributed by atoms with Crippen LogP contribution in [0.15, 0.2) is 9.95 Å². The van der Waals surface area contributed by atoms with E-state index in [1.54, 1.807) is 0 Å². The highest BCUT2D eigenvalue weighted by molar-refractivity contribution is 7.85. The molecule has 2 rings (SSSR count). The predicted molar refractivity (Wildman–Crippen MR) is 48.7 cm³/mol. The van der Waals surface area contributed by atoms with Crippen LogP contribution in [0.2, 0.25) is 0 Å². The second-order valence-electron chi connectivity index (χ2n) is 2.67. The van der Waals surface area contributed by atoms with Gasteiger partial charge in [-0.05, 0) is 0 Å².